The number of carbonyl (C=O) groups is 1. The van der Waals surface area contributed by atoms with Crippen LogP contribution in [0.4, 0.5) is 0 Å². The molecule has 1 heterocycles. The molecule has 3 rings (SSSR count). The molecule has 0 unspecified atom stereocenters. The monoisotopic (exact) mass is 288 g/mol. The zero-order valence-corrected chi connectivity index (χ0v) is 12.4. The molecule has 0 aromatic heterocycles. The number of amides is 1. The van der Waals surface area contributed by atoms with Crippen LogP contribution >= 0.6 is 11.8 Å². The lowest BCUT2D eigenvalue weighted by Gasteiger charge is -2.38. The standard InChI is InChI=1S/C16H20N2OS/c19-14(13-7-3-1-4-8-13)18-15-17-12-11-16(20-15)9-5-2-6-10-16/h1,3-4,7-8H,2,5-6,9-12H2,(H,17,18,19). The predicted octanol–water partition coefficient (Wildman–Crippen LogP) is 3.61. The molecular formula is C16H20N2OS. The van der Waals surface area contributed by atoms with Crippen molar-refractivity contribution in [3.05, 3.63) is 35.9 Å². The van der Waals surface area contributed by atoms with Crippen LogP contribution < -0.4 is 5.32 Å². The summed E-state index contributed by atoms with van der Waals surface area (Å²) in [5.41, 5.74) is 0.694. The molecule has 3 nitrogen and oxygen atoms in total. The molecule has 0 bridgehead atoms. The number of aliphatic imine (C=N–C) groups is 1. The fourth-order valence-corrected chi connectivity index (χ4v) is 4.42. The fraction of sp³-hybridized carbons (Fsp3) is 0.500. The van der Waals surface area contributed by atoms with Crippen LogP contribution in [-0.4, -0.2) is 22.4 Å². The van der Waals surface area contributed by atoms with Crippen molar-refractivity contribution in [1.82, 2.24) is 5.32 Å². The first-order valence-electron chi connectivity index (χ1n) is 7.37. The minimum absolute atomic E-state index is 0.0512. The number of carbonyl (C=O) groups excluding carboxylic acids is 1. The molecule has 1 aromatic carbocycles. The number of benzene rings is 1. The van der Waals surface area contributed by atoms with Gasteiger partial charge < -0.3 is 5.32 Å². The highest BCUT2D eigenvalue weighted by Crippen LogP contribution is 2.44. The number of hydrogen-bond acceptors (Lipinski definition) is 3. The lowest BCUT2D eigenvalue weighted by atomic mass is 9.86. The first-order valence-corrected chi connectivity index (χ1v) is 8.19. The molecule has 0 radical (unpaired) electrons. The molecular weight excluding hydrogens is 268 g/mol. The van der Waals surface area contributed by atoms with Gasteiger partial charge in [-0.05, 0) is 31.4 Å². The molecule has 1 amide bonds. The lowest BCUT2D eigenvalue weighted by molar-refractivity contribution is 0.0978. The third-order valence-corrected chi connectivity index (χ3v) is 5.63. The summed E-state index contributed by atoms with van der Waals surface area (Å²) >= 11 is 1.80. The van der Waals surface area contributed by atoms with Gasteiger partial charge in [0.1, 0.15) is 0 Å². The molecule has 1 aliphatic carbocycles. The lowest BCUT2D eigenvalue weighted by Crippen LogP contribution is -2.39. The Labute approximate surface area is 124 Å². The van der Waals surface area contributed by atoms with Gasteiger partial charge in [-0.2, -0.15) is 0 Å². The van der Waals surface area contributed by atoms with Gasteiger partial charge in [0.2, 0.25) is 0 Å². The van der Waals surface area contributed by atoms with Crippen molar-refractivity contribution in [3.63, 3.8) is 0 Å². The molecule has 1 aromatic rings. The van der Waals surface area contributed by atoms with Crippen LogP contribution in [0.1, 0.15) is 48.9 Å². The molecule has 1 spiro atoms. The number of hydrogen-bond donors (Lipinski definition) is 1. The van der Waals surface area contributed by atoms with E-state index in [2.05, 4.69) is 10.3 Å². The number of nitrogens with zero attached hydrogens (tertiary/aromatic N) is 1. The van der Waals surface area contributed by atoms with Crippen molar-refractivity contribution in [2.75, 3.05) is 6.54 Å². The van der Waals surface area contributed by atoms with Crippen molar-refractivity contribution in [1.29, 1.82) is 0 Å². The van der Waals surface area contributed by atoms with Crippen molar-refractivity contribution < 1.29 is 4.79 Å². The summed E-state index contributed by atoms with van der Waals surface area (Å²) in [5.74, 6) is -0.0512. The second kappa shape index (κ2) is 6.00. The van der Waals surface area contributed by atoms with E-state index >= 15 is 0 Å². The van der Waals surface area contributed by atoms with Gasteiger partial charge in [-0.25, -0.2) is 0 Å². The number of amidine groups is 1. The molecule has 2 aliphatic rings. The largest absolute Gasteiger partial charge is 0.301 e. The molecule has 106 valence electrons. The zero-order valence-electron chi connectivity index (χ0n) is 11.6. The third kappa shape index (κ3) is 3.06. The Morgan fingerprint density at radius 1 is 1.10 bits per heavy atom. The van der Waals surface area contributed by atoms with E-state index in [1.807, 2.05) is 30.3 Å². The van der Waals surface area contributed by atoms with E-state index in [1.165, 1.54) is 32.1 Å². The highest BCUT2D eigenvalue weighted by Gasteiger charge is 2.36. The van der Waals surface area contributed by atoms with Gasteiger partial charge in [-0.1, -0.05) is 49.2 Å². The molecule has 0 saturated heterocycles. The Hall–Kier alpha value is -1.29. The highest BCUT2D eigenvalue weighted by atomic mass is 32.2. The summed E-state index contributed by atoms with van der Waals surface area (Å²) in [6, 6.07) is 9.35. The molecule has 4 heteroatoms. The van der Waals surface area contributed by atoms with Crippen molar-refractivity contribution in [2.45, 2.75) is 43.3 Å². The van der Waals surface area contributed by atoms with E-state index in [-0.39, 0.29) is 5.91 Å². The Morgan fingerprint density at radius 3 is 2.60 bits per heavy atom. The number of rotatable bonds is 1. The second-order valence-corrected chi connectivity index (χ2v) is 7.06. The second-order valence-electron chi connectivity index (χ2n) is 5.60. The predicted molar refractivity (Wildman–Crippen MR) is 84.2 cm³/mol. The zero-order chi connectivity index (χ0) is 13.8. The minimum Gasteiger partial charge on any atom is -0.301 e. The van der Waals surface area contributed by atoms with Crippen molar-refractivity contribution in [3.8, 4) is 0 Å². The van der Waals surface area contributed by atoms with E-state index in [9.17, 15) is 4.79 Å². The molecule has 1 N–H and O–H groups in total. The summed E-state index contributed by atoms with van der Waals surface area (Å²) in [4.78, 5) is 16.7. The van der Waals surface area contributed by atoms with Gasteiger partial charge in [0, 0.05) is 16.9 Å². The molecule has 1 fully saturated rings. The maximum Gasteiger partial charge on any atom is 0.257 e. The number of nitrogens with one attached hydrogen (secondary N) is 1. The van der Waals surface area contributed by atoms with E-state index in [0.29, 0.717) is 10.3 Å². The van der Waals surface area contributed by atoms with Crippen LogP contribution in [0.3, 0.4) is 0 Å². The Bertz CT molecular complexity index is 506. The Balaban J connectivity index is 1.66. The van der Waals surface area contributed by atoms with Gasteiger partial charge in [-0.15, -0.1) is 0 Å². The summed E-state index contributed by atoms with van der Waals surface area (Å²) in [6.45, 7) is 0.845. The average Bonchev–Trinajstić information content (AvgIpc) is 2.49. The summed E-state index contributed by atoms with van der Waals surface area (Å²) < 4.78 is 0.333. The minimum atomic E-state index is -0.0512. The fourth-order valence-electron chi connectivity index (χ4n) is 3.02. The summed E-state index contributed by atoms with van der Waals surface area (Å²) in [7, 11) is 0. The van der Waals surface area contributed by atoms with Gasteiger partial charge in [-0.3, -0.25) is 9.79 Å². The van der Waals surface area contributed by atoms with Crippen LogP contribution in [0.2, 0.25) is 0 Å². The van der Waals surface area contributed by atoms with Crippen LogP contribution in [0.5, 0.6) is 0 Å². The van der Waals surface area contributed by atoms with Gasteiger partial charge in [0.25, 0.3) is 5.91 Å². The molecule has 1 aliphatic heterocycles. The Morgan fingerprint density at radius 2 is 1.85 bits per heavy atom. The van der Waals surface area contributed by atoms with Gasteiger partial charge in [0.05, 0.1) is 0 Å². The van der Waals surface area contributed by atoms with Crippen LogP contribution in [-0.2, 0) is 0 Å². The van der Waals surface area contributed by atoms with Gasteiger partial charge in [0.15, 0.2) is 5.17 Å². The molecule has 1 saturated carbocycles. The maximum atomic E-state index is 12.2. The van der Waals surface area contributed by atoms with Crippen molar-refractivity contribution >= 4 is 22.8 Å². The van der Waals surface area contributed by atoms with Crippen LogP contribution in [0.15, 0.2) is 35.3 Å². The third-order valence-electron chi connectivity index (χ3n) is 4.16. The Kier molecular flexibility index (Phi) is 4.10. The quantitative estimate of drug-likeness (QED) is 0.857. The molecule has 20 heavy (non-hydrogen) atoms. The smallest absolute Gasteiger partial charge is 0.257 e. The van der Waals surface area contributed by atoms with Crippen LogP contribution in [0.25, 0.3) is 0 Å². The SMILES string of the molecule is O=C(NC1=NCCC2(CCCCC2)S1)c1ccccc1. The summed E-state index contributed by atoms with van der Waals surface area (Å²) in [6.07, 6.45) is 7.66. The average molecular weight is 288 g/mol. The number of thioether (sulfide) groups is 1. The first-order chi connectivity index (χ1) is 9.77. The maximum absolute atomic E-state index is 12.2. The summed E-state index contributed by atoms with van der Waals surface area (Å²) in [5, 5.41) is 3.79. The highest BCUT2D eigenvalue weighted by molar-refractivity contribution is 8.15. The van der Waals surface area contributed by atoms with Crippen molar-refractivity contribution in [2.24, 2.45) is 4.99 Å². The van der Waals surface area contributed by atoms with E-state index in [4.69, 9.17) is 0 Å². The van der Waals surface area contributed by atoms with E-state index in [1.54, 1.807) is 11.8 Å². The molecule has 0 atom stereocenters. The first kappa shape index (κ1) is 13.7. The van der Waals surface area contributed by atoms with E-state index < -0.39 is 0 Å². The van der Waals surface area contributed by atoms with Gasteiger partial charge >= 0.3 is 0 Å². The van der Waals surface area contributed by atoms with Crippen LogP contribution in [0, 0.1) is 0 Å². The normalized spacial score (nSPS) is 21.3. The topological polar surface area (TPSA) is 41.5 Å². The van der Waals surface area contributed by atoms with E-state index in [0.717, 1.165) is 18.1 Å².